The van der Waals surface area contributed by atoms with Gasteiger partial charge in [0.1, 0.15) is 0 Å². The number of ether oxygens (including phenoxy) is 1. The second kappa shape index (κ2) is 7.66. The molecular weight excluding hydrogens is 212 g/mol. The third-order valence-corrected chi connectivity index (χ3v) is 2.46. The summed E-state index contributed by atoms with van der Waals surface area (Å²) in [5.41, 5.74) is 1.22. The number of hydrogen-bond donors (Lipinski definition) is 0. The van der Waals surface area contributed by atoms with Gasteiger partial charge in [0, 0.05) is 6.92 Å². The molecule has 0 aliphatic carbocycles. The van der Waals surface area contributed by atoms with Gasteiger partial charge in [0.15, 0.2) is 0 Å². The quantitative estimate of drug-likeness (QED) is 0.550. The van der Waals surface area contributed by atoms with Crippen LogP contribution in [-0.4, -0.2) is 12.1 Å². The first kappa shape index (κ1) is 13.5. The molecular formula is C15H20O2. The summed E-state index contributed by atoms with van der Waals surface area (Å²) < 4.78 is 5.05. The lowest BCUT2D eigenvalue weighted by Gasteiger charge is -2.10. The van der Waals surface area contributed by atoms with E-state index in [2.05, 4.69) is 24.3 Å². The third kappa shape index (κ3) is 6.56. The molecule has 2 heteroatoms. The fourth-order valence-corrected chi connectivity index (χ4v) is 1.65. The molecule has 0 aliphatic heterocycles. The molecule has 1 aromatic rings. The summed E-state index contributed by atoms with van der Waals surface area (Å²) in [7, 11) is 0. The smallest absolute Gasteiger partial charge is 0.302 e. The highest BCUT2D eigenvalue weighted by atomic mass is 16.5. The molecule has 0 fully saturated rings. The Hall–Kier alpha value is -1.57. The summed E-state index contributed by atoms with van der Waals surface area (Å²) in [6.07, 6.45) is 7.28. The Kier molecular flexibility index (Phi) is 6.08. The first-order chi connectivity index (χ1) is 8.18. The van der Waals surface area contributed by atoms with Crippen LogP contribution in [0.2, 0.25) is 0 Å². The van der Waals surface area contributed by atoms with Gasteiger partial charge in [0.05, 0.1) is 6.10 Å². The maximum atomic E-state index is 10.7. The highest BCUT2D eigenvalue weighted by Gasteiger charge is 2.03. The Morgan fingerprint density at radius 1 is 1.35 bits per heavy atom. The summed E-state index contributed by atoms with van der Waals surface area (Å²) in [4.78, 5) is 10.7. The maximum Gasteiger partial charge on any atom is 0.302 e. The van der Waals surface area contributed by atoms with Crippen molar-refractivity contribution in [3.63, 3.8) is 0 Å². The fourth-order valence-electron chi connectivity index (χ4n) is 1.65. The van der Waals surface area contributed by atoms with Gasteiger partial charge >= 0.3 is 5.97 Å². The normalized spacial score (nSPS) is 12.6. The van der Waals surface area contributed by atoms with Crippen LogP contribution in [0.4, 0.5) is 0 Å². The van der Waals surface area contributed by atoms with Gasteiger partial charge in [0.2, 0.25) is 0 Å². The number of rotatable bonds is 6. The Morgan fingerprint density at radius 3 is 2.71 bits per heavy atom. The first-order valence-corrected chi connectivity index (χ1v) is 6.07. The molecule has 1 rings (SSSR count). The van der Waals surface area contributed by atoms with Crippen molar-refractivity contribution in [2.45, 2.75) is 39.2 Å². The molecule has 1 aromatic carbocycles. The van der Waals surface area contributed by atoms with Gasteiger partial charge in [-0.25, -0.2) is 0 Å². The van der Waals surface area contributed by atoms with E-state index in [1.165, 1.54) is 12.5 Å². The third-order valence-electron chi connectivity index (χ3n) is 2.46. The SMILES string of the molecule is CC(=O)OC(C)CCC/C=C/c1ccccc1. The molecule has 2 nitrogen and oxygen atoms in total. The molecule has 0 N–H and O–H groups in total. The average molecular weight is 232 g/mol. The number of esters is 1. The van der Waals surface area contributed by atoms with Crippen molar-refractivity contribution in [3.8, 4) is 0 Å². The Bertz CT molecular complexity index is 354. The molecule has 0 saturated carbocycles. The lowest BCUT2D eigenvalue weighted by atomic mass is 10.1. The number of benzene rings is 1. The molecule has 17 heavy (non-hydrogen) atoms. The number of hydrogen-bond acceptors (Lipinski definition) is 2. The van der Waals surface area contributed by atoms with Crippen molar-refractivity contribution in [1.29, 1.82) is 0 Å². The number of carbonyl (C=O) groups excluding carboxylic acids is 1. The summed E-state index contributed by atoms with van der Waals surface area (Å²) in [6.45, 7) is 3.38. The van der Waals surface area contributed by atoms with E-state index in [1.807, 2.05) is 25.1 Å². The van der Waals surface area contributed by atoms with Crippen LogP contribution < -0.4 is 0 Å². The van der Waals surface area contributed by atoms with Gasteiger partial charge in [0.25, 0.3) is 0 Å². The number of unbranched alkanes of at least 4 members (excludes halogenated alkanes) is 1. The van der Waals surface area contributed by atoms with Crippen molar-refractivity contribution < 1.29 is 9.53 Å². The van der Waals surface area contributed by atoms with Gasteiger partial charge in [-0.1, -0.05) is 42.5 Å². The average Bonchev–Trinajstić information content (AvgIpc) is 2.29. The Morgan fingerprint density at radius 2 is 2.06 bits per heavy atom. The van der Waals surface area contributed by atoms with Crippen LogP contribution in [0.1, 0.15) is 38.7 Å². The summed E-state index contributed by atoms with van der Waals surface area (Å²) in [6, 6.07) is 10.2. The van der Waals surface area contributed by atoms with E-state index < -0.39 is 0 Å². The van der Waals surface area contributed by atoms with Gasteiger partial charge in [-0.2, -0.15) is 0 Å². The zero-order valence-corrected chi connectivity index (χ0v) is 10.6. The lowest BCUT2D eigenvalue weighted by Crippen LogP contribution is -2.11. The van der Waals surface area contributed by atoms with Gasteiger partial charge in [-0.15, -0.1) is 0 Å². The van der Waals surface area contributed by atoms with Crippen LogP contribution >= 0.6 is 0 Å². The van der Waals surface area contributed by atoms with Crippen molar-refractivity contribution in [2.75, 3.05) is 0 Å². The number of carbonyl (C=O) groups is 1. The minimum Gasteiger partial charge on any atom is -0.463 e. The highest BCUT2D eigenvalue weighted by Crippen LogP contribution is 2.07. The molecule has 0 amide bonds. The molecule has 0 radical (unpaired) electrons. The van der Waals surface area contributed by atoms with Gasteiger partial charge < -0.3 is 4.74 Å². The van der Waals surface area contributed by atoms with E-state index in [0.29, 0.717) is 0 Å². The van der Waals surface area contributed by atoms with E-state index in [-0.39, 0.29) is 12.1 Å². The van der Waals surface area contributed by atoms with E-state index >= 15 is 0 Å². The lowest BCUT2D eigenvalue weighted by molar-refractivity contribution is -0.145. The van der Waals surface area contributed by atoms with Crippen LogP contribution in [0.3, 0.4) is 0 Å². The van der Waals surface area contributed by atoms with Crippen LogP contribution in [0.25, 0.3) is 6.08 Å². The predicted octanol–water partition coefficient (Wildman–Crippen LogP) is 3.82. The number of allylic oxidation sites excluding steroid dienone is 1. The van der Waals surface area contributed by atoms with Crippen LogP contribution in [0, 0.1) is 0 Å². The van der Waals surface area contributed by atoms with E-state index in [0.717, 1.165) is 19.3 Å². The standard InChI is InChI=1S/C15H20O2/c1-13(17-14(2)16)9-5-3-6-10-15-11-7-4-8-12-15/h4,6-8,10-13H,3,5,9H2,1-2H3/b10-6+. The Labute approximate surface area is 103 Å². The largest absolute Gasteiger partial charge is 0.463 e. The van der Waals surface area contributed by atoms with E-state index in [4.69, 9.17) is 4.74 Å². The van der Waals surface area contributed by atoms with Crippen molar-refractivity contribution in [2.24, 2.45) is 0 Å². The van der Waals surface area contributed by atoms with Crippen molar-refractivity contribution in [1.82, 2.24) is 0 Å². The summed E-state index contributed by atoms with van der Waals surface area (Å²) in [5, 5.41) is 0. The molecule has 0 saturated heterocycles. The Balaban J connectivity index is 2.16. The zero-order valence-electron chi connectivity index (χ0n) is 10.6. The monoisotopic (exact) mass is 232 g/mol. The maximum absolute atomic E-state index is 10.7. The first-order valence-electron chi connectivity index (χ1n) is 6.07. The van der Waals surface area contributed by atoms with Crippen molar-refractivity contribution in [3.05, 3.63) is 42.0 Å². The summed E-state index contributed by atoms with van der Waals surface area (Å²) >= 11 is 0. The minimum absolute atomic E-state index is 0.0256. The van der Waals surface area contributed by atoms with E-state index in [1.54, 1.807) is 0 Å². The van der Waals surface area contributed by atoms with Crippen molar-refractivity contribution >= 4 is 12.0 Å². The topological polar surface area (TPSA) is 26.3 Å². The molecule has 0 bridgehead atoms. The van der Waals surface area contributed by atoms with E-state index in [9.17, 15) is 4.79 Å². The molecule has 0 aliphatic rings. The minimum atomic E-state index is -0.197. The molecule has 92 valence electrons. The van der Waals surface area contributed by atoms with Crippen LogP contribution in [0.15, 0.2) is 36.4 Å². The van der Waals surface area contributed by atoms with Crippen LogP contribution in [0.5, 0.6) is 0 Å². The van der Waals surface area contributed by atoms with Crippen LogP contribution in [-0.2, 0) is 9.53 Å². The molecule has 0 spiro atoms. The van der Waals surface area contributed by atoms with Gasteiger partial charge in [-0.3, -0.25) is 4.79 Å². The molecule has 0 heterocycles. The fraction of sp³-hybridized carbons (Fsp3) is 0.400. The second-order valence-corrected chi connectivity index (χ2v) is 4.16. The molecule has 1 unspecified atom stereocenters. The summed E-state index contributed by atoms with van der Waals surface area (Å²) in [5.74, 6) is -0.197. The highest BCUT2D eigenvalue weighted by molar-refractivity contribution is 5.66. The van der Waals surface area contributed by atoms with Gasteiger partial charge in [-0.05, 0) is 31.7 Å². The molecule has 1 atom stereocenters. The zero-order chi connectivity index (χ0) is 12.5. The predicted molar refractivity (Wildman–Crippen MR) is 70.6 cm³/mol. The molecule has 0 aromatic heterocycles. The second-order valence-electron chi connectivity index (χ2n) is 4.16.